The molecule has 0 aromatic heterocycles. The third-order valence-electron chi connectivity index (χ3n) is 3.97. The molecule has 138 valence electrons. The second-order valence-electron chi connectivity index (χ2n) is 7.06. The van der Waals surface area contributed by atoms with Crippen LogP contribution in [-0.4, -0.2) is 42.7 Å². The van der Waals surface area contributed by atoms with Crippen LogP contribution in [0.3, 0.4) is 0 Å². The Labute approximate surface area is 157 Å². The second-order valence-corrected chi connectivity index (χ2v) is 7.77. The molecule has 0 N–H and O–H groups in total. The molecule has 0 bridgehead atoms. The fourth-order valence-corrected chi connectivity index (χ4v) is 3.17. The van der Waals surface area contributed by atoms with Crippen molar-refractivity contribution in [1.29, 1.82) is 0 Å². The quantitative estimate of drug-likeness (QED) is 0.704. The number of nitrogens with zero attached hydrogens (tertiary/aromatic N) is 2. The summed E-state index contributed by atoms with van der Waals surface area (Å²) in [6.07, 6.45) is 0.913. The number of benzene rings is 1. The fraction of sp³-hybridized carbons (Fsp3) is 0.556. The molecule has 0 saturated carbocycles. The summed E-state index contributed by atoms with van der Waals surface area (Å²) in [4.78, 5) is 26.5. The molecule has 6 nitrogen and oxygen atoms in total. The molecule has 0 unspecified atom stereocenters. The monoisotopic (exact) mass is 412 g/mol. The number of ether oxygens (including phenoxy) is 2. The molecular formula is C18H25BrN2O4. The number of carbonyl (C=O) groups is 2. The topological polar surface area (TPSA) is 59.1 Å². The number of hydrogen-bond donors (Lipinski definition) is 0. The predicted octanol–water partition coefficient (Wildman–Crippen LogP) is 3.99. The van der Waals surface area contributed by atoms with Gasteiger partial charge in [0.25, 0.3) is 0 Å². The van der Waals surface area contributed by atoms with Gasteiger partial charge in [0, 0.05) is 25.1 Å². The van der Waals surface area contributed by atoms with Crippen molar-refractivity contribution < 1.29 is 19.1 Å². The van der Waals surface area contributed by atoms with Crippen molar-refractivity contribution in [2.75, 3.05) is 24.1 Å². The van der Waals surface area contributed by atoms with E-state index in [0.29, 0.717) is 31.7 Å². The molecule has 1 heterocycles. The van der Waals surface area contributed by atoms with Gasteiger partial charge in [-0.1, -0.05) is 6.07 Å². The summed E-state index contributed by atoms with van der Waals surface area (Å²) in [5.74, 6) is 0.538. The lowest BCUT2D eigenvalue weighted by Gasteiger charge is -2.33. The van der Waals surface area contributed by atoms with Gasteiger partial charge in [-0.25, -0.2) is 8.72 Å². The van der Waals surface area contributed by atoms with E-state index >= 15 is 0 Å². The highest BCUT2D eigenvalue weighted by molar-refractivity contribution is 9.10. The Morgan fingerprint density at radius 3 is 2.44 bits per heavy atom. The number of anilines is 1. The van der Waals surface area contributed by atoms with Crippen LogP contribution >= 0.6 is 16.1 Å². The van der Waals surface area contributed by atoms with Crippen LogP contribution < -0.4 is 8.66 Å². The summed E-state index contributed by atoms with van der Waals surface area (Å²) in [5, 5.41) is 0. The fourth-order valence-electron chi connectivity index (χ4n) is 2.66. The number of piperidine rings is 1. The van der Waals surface area contributed by atoms with E-state index < -0.39 is 5.60 Å². The minimum Gasteiger partial charge on any atom is -0.497 e. The van der Waals surface area contributed by atoms with Crippen LogP contribution in [0.1, 0.15) is 33.6 Å². The summed E-state index contributed by atoms with van der Waals surface area (Å²) < 4.78 is 12.1. The van der Waals surface area contributed by atoms with Crippen LogP contribution in [0.4, 0.5) is 10.5 Å². The Kier molecular flexibility index (Phi) is 6.32. The molecule has 0 atom stereocenters. The number of likely N-dealkylation sites (tertiary alicyclic amines) is 1. The van der Waals surface area contributed by atoms with E-state index in [0.717, 1.165) is 5.69 Å². The van der Waals surface area contributed by atoms with Crippen molar-refractivity contribution in [2.24, 2.45) is 5.92 Å². The molecule has 0 spiro atoms. The van der Waals surface area contributed by atoms with Gasteiger partial charge in [0.15, 0.2) is 0 Å². The van der Waals surface area contributed by atoms with Crippen LogP contribution in [0.2, 0.25) is 0 Å². The van der Waals surface area contributed by atoms with E-state index in [1.54, 1.807) is 18.1 Å². The molecule has 0 radical (unpaired) electrons. The summed E-state index contributed by atoms with van der Waals surface area (Å²) in [5.41, 5.74) is 0.210. The van der Waals surface area contributed by atoms with Crippen LogP contribution in [0.25, 0.3) is 0 Å². The lowest BCUT2D eigenvalue weighted by molar-refractivity contribution is -0.122. The van der Waals surface area contributed by atoms with E-state index in [1.807, 2.05) is 39.0 Å². The van der Waals surface area contributed by atoms with Gasteiger partial charge in [0.2, 0.25) is 5.91 Å². The highest BCUT2D eigenvalue weighted by Crippen LogP contribution is 2.28. The van der Waals surface area contributed by atoms with Gasteiger partial charge in [0.05, 0.1) is 28.9 Å². The molecule has 1 fully saturated rings. The average Bonchev–Trinajstić information content (AvgIpc) is 2.59. The smallest absolute Gasteiger partial charge is 0.410 e. The average molecular weight is 413 g/mol. The lowest BCUT2D eigenvalue weighted by atomic mass is 9.96. The molecule has 1 aliphatic heterocycles. The largest absolute Gasteiger partial charge is 0.497 e. The Bertz CT molecular complexity index is 622. The van der Waals surface area contributed by atoms with E-state index in [2.05, 4.69) is 16.1 Å². The third kappa shape index (κ3) is 5.36. The van der Waals surface area contributed by atoms with Crippen LogP contribution in [0.15, 0.2) is 24.3 Å². The minimum absolute atomic E-state index is 0.0166. The summed E-state index contributed by atoms with van der Waals surface area (Å²) >= 11 is 3.36. The number of halogens is 1. The van der Waals surface area contributed by atoms with E-state index in [1.165, 1.54) is 3.93 Å². The molecule has 0 aliphatic carbocycles. The van der Waals surface area contributed by atoms with Crippen molar-refractivity contribution in [2.45, 2.75) is 39.2 Å². The maximum atomic E-state index is 12.7. The predicted molar refractivity (Wildman–Crippen MR) is 99.9 cm³/mol. The number of amides is 2. The number of methoxy groups -OCH3 is 1. The second kappa shape index (κ2) is 8.08. The third-order valence-corrected chi connectivity index (χ3v) is 4.73. The van der Waals surface area contributed by atoms with E-state index in [9.17, 15) is 9.59 Å². The zero-order chi connectivity index (χ0) is 18.6. The molecule has 7 heteroatoms. The van der Waals surface area contributed by atoms with Crippen molar-refractivity contribution in [3.05, 3.63) is 24.3 Å². The molecule has 1 aromatic rings. The summed E-state index contributed by atoms with van der Waals surface area (Å²) in [6.45, 7) is 6.57. The van der Waals surface area contributed by atoms with Crippen LogP contribution in [0.5, 0.6) is 5.75 Å². The van der Waals surface area contributed by atoms with Crippen molar-refractivity contribution in [3.8, 4) is 5.75 Å². The minimum atomic E-state index is -0.511. The summed E-state index contributed by atoms with van der Waals surface area (Å²) in [6, 6.07) is 7.29. The first kappa shape index (κ1) is 19.6. The van der Waals surface area contributed by atoms with E-state index in [4.69, 9.17) is 9.47 Å². The van der Waals surface area contributed by atoms with Gasteiger partial charge in [-0.15, -0.1) is 0 Å². The first-order valence-electron chi connectivity index (χ1n) is 8.33. The van der Waals surface area contributed by atoms with Crippen molar-refractivity contribution in [3.63, 3.8) is 0 Å². The highest BCUT2D eigenvalue weighted by atomic mass is 79.9. The Morgan fingerprint density at radius 1 is 1.24 bits per heavy atom. The van der Waals surface area contributed by atoms with Crippen LogP contribution in [-0.2, 0) is 9.53 Å². The SMILES string of the molecule is COc1cccc(N(Br)C(=O)C2CCN(C(=O)OC(C)(C)C)CC2)c1. The van der Waals surface area contributed by atoms with Gasteiger partial charge >= 0.3 is 6.09 Å². The first-order chi connectivity index (χ1) is 11.7. The van der Waals surface area contributed by atoms with Gasteiger partial charge in [-0.3, -0.25) is 4.79 Å². The van der Waals surface area contributed by atoms with Gasteiger partial charge < -0.3 is 14.4 Å². The molecule has 1 aliphatic rings. The Hall–Kier alpha value is -1.76. The van der Waals surface area contributed by atoms with Crippen molar-refractivity contribution in [1.82, 2.24) is 4.90 Å². The Balaban J connectivity index is 1.93. The zero-order valence-electron chi connectivity index (χ0n) is 15.1. The maximum absolute atomic E-state index is 12.7. The molecule has 1 saturated heterocycles. The standard InChI is InChI=1S/C18H25BrN2O4/c1-18(2,3)25-17(23)20-10-8-13(9-11-20)16(22)21(19)14-6-5-7-15(12-14)24-4/h5-7,12-13H,8-11H2,1-4H3. The lowest BCUT2D eigenvalue weighted by Crippen LogP contribution is -2.44. The van der Waals surface area contributed by atoms with Crippen molar-refractivity contribution >= 4 is 33.8 Å². The zero-order valence-corrected chi connectivity index (χ0v) is 16.7. The Morgan fingerprint density at radius 2 is 1.88 bits per heavy atom. The van der Waals surface area contributed by atoms with E-state index in [-0.39, 0.29) is 17.9 Å². The maximum Gasteiger partial charge on any atom is 0.410 e. The van der Waals surface area contributed by atoms with Gasteiger partial charge in [0.1, 0.15) is 11.4 Å². The molecule has 1 aromatic carbocycles. The molecular weight excluding hydrogens is 388 g/mol. The molecule has 25 heavy (non-hydrogen) atoms. The number of carbonyl (C=O) groups excluding carboxylic acids is 2. The molecule has 2 amide bonds. The molecule has 2 rings (SSSR count). The van der Waals surface area contributed by atoms with Gasteiger partial charge in [-0.05, 0) is 45.7 Å². The van der Waals surface area contributed by atoms with Gasteiger partial charge in [-0.2, -0.15) is 0 Å². The first-order valence-corrected chi connectivity index (χ1v) is 9.04. The van der Waals surface area contributed by atoms with Crippen LogP contribution in [0, 0.1) is 5.92 Å². The number of hydrogen-bond acceptors (Lipinski definition) is 4. The summed E-state index contributed by atoms with van der Waals surface area (Å²) in [7, 11) is 1.59. The number of rotatable bonds is 3. The normalized spacial score (nSPS) is 15.6. The highest BCUT2D eigenvalue weighted by Gasteiger charge is 2.32.